The van der Waals surface area contributed by atoms with Crippen molar-refractivity contribution in [2.75, 3.05) is 9.80 Å². The fraction of sp³-hybridized carbons (Fsp3) is 0.250. The van der Waals surface area contributed by atoms with Crippen LogP contribution in [-0.2, 0) is 19.2 Å². The minimum absolute atomic E-state index is 0.280. The second-order valence-corrected chi connectivity index (χ2v) is 13.3. The number of aryl methyl sites for hydroxylation is 2. The first kappa shape index (κ1) is 25.7. The molecule has 0 N–H and O–H groups in total. The molecule has 4 aromatic rings. The molecule has 6 heterocycles. The van der Waals surface area contributed by atoms with Crippen LogP contribution in [0.4, 0.5) is 11.4 Å². The van der Waals surface area contributed by atoms with E-state index in [4.69, 9.17) is 0 Å². The zero-order valence-electron chi connectivity index (χ0n) is 22.8. The van der Waals surface area contributed by atoms with Crippen LogP contribution >= 0.6 is 22.7 Å². The number of benzene rings is 2. The fourth-order valence-corrected chi connectivity index (χ4v) is 9.09. The number of hydrazine groups is 1. The van der Waals surface area contributed by atoms with E-state index in [1.807, 2.05) is 95.3 Å². The van der Waals surface area contributed by atoms with Gasteiger partial charge in [0.1, 0.15) is 12.1 Å². The quantitative estimate of drug-likeness (QED) is 0.314. The molecule has 2 aromatic heterocycles. The molecule has 10 heteroatoms. The van der Waals surface area contributed by atoms with Gasteiger partial charge >= 0.3 is 0 Å². The van der Waals surface area contributed by atoms with Gasteiger partial charge < -0.3 is 0 Å². The number of nitrogens with zero attached hydrogens (tertiary/aromatic N) is 4. The van der Waals surface area contributed by atoms with E-state index in [2.05, 4.69) is 0 Å². The number of hydrogen-bond donors (Lipinski definition) is 0. The van der Waals surface area contributed by atoms with Crippen LogP contribution in [0.25, 0.3) is 0 Å². The molecule has 0 bridgehead atoms. The van der Waals surface area contributed by atoms with Gasteiger partial charge in [-0.05, 0) is 72.1 Å². The summed E-state index contributed by atoms with van der Waals surface area (Å²) in [6, 6.07) is 19.7. The molecule has 8 rings (SSSR count). The molecule has 4 saturated heterocycles. The molecule has 4 amide bonds. The van der Waals surface area contributed by atoms with Crippen LogP contribution in [-0.4, -0.2) is 45.7 Å². The van der Waals surface area contributed by atoms with Gasteiger partial charge in [-0.15, -0.1) is 22.7 Å². The van der Waals surface area contributed by atoms with E-state index in [0.29, 0.717) is 11.4 Å². The highest BCUT2D eigenvalue weighted by atomic mass is 32.1. The van der Waals surface area contributed by atoms with Gasteiger partial charge in [-0.3, -0.25) is 19.2 Å². The lowest BCUT2D eigenvalue weighted by atomic mass is 9.88. The summed E-state index contributed by atoms with van der Waals surface area (Å²) in [6.07, 6.45) is 0. The summed E-state index contributed by atoms with van der Waals surface area (Å²) in [5.41, 5.74) is 2.98. The zero-order valence-corrected chi connectivity index (χ0v) is 24.4. The van der Waals surface area contributed by atoms with Crippen LogP contribution in [0.1, 0.15) is 33.0 Å². The SMILES string of the molecule is Cc1cccc(N2C(=O)[C@@H]3[C@H](C2=O)N2[C@H](c4cccs4)[C@@H]4C(=O)N(c5cccc(C)c5)C(=O)[C@@H]4N2[C@H]3c2cccs2)c1. The number of anilines is 2. The summed E-state index contributed by atoms with van der Waals surface area (Å²) in [7, 11) is 0. The Morgan fingerprint density at radius 3 is 1.31 bits per heavy atom. The van der Waals surface area contributed by atoms with Gasteiger partial charge in [-0.1, -0.05) is 36.4 Å². The molecule has 2 aromatic carbocycles. The van der Waals surface area contributed by atoms with Crippen molar-refractivity contribution in [3.8, 4) is 0 Å². The van der Waals surface area contributed by atoms with E-state index in [1.54, 1.807) is 12.1 Å². The van der Waals surface area contributed by atoms with Crippen molar-refractivity contribution in [2.45, 2.75) is 38.0 Å². The smallest absolute Gasteiger partial charge is 0.253 e. The van der Waals surface area contributed by atoms with Crippen LogP contribution in [0, 0.1) is 25.7 Å². The summed E-state index contributed by atoms with van der Waals surface area (Å²) in [4.78, 5) is 61.7. The van der Waals surface area contributed by atoms with Crippen LogP contribution in [0.5, 0.6) is 0 Å². The minimum Gasteiger partial charge on any atom is -0.274 e. The highest BCUT2D eigenvalue weighted by Crippen LogP contribution is 2.60. The largest absolute Gasteiger partial charge is 0.274 e. The molecule has 0 aliphatic carbocycles. The topological polar surface area (TPSA) is 81.2 Å². The predicted octanol–water partition coefficient (Wildman–Crippen LogP) is 4.87. The van der Waals surface area contributed by atoms with Crippen molar-refractivity contribution >= 4 is 57.7 Å². The molecular formula is C32H26N4O4S2. The maximum absolute atomic E-state index is 14.4. The maximum Gasteiger partial charge on any atom is 0.253 e. The number of carbonyl (C=O) groups excluding carboxylic acids is 4. The van der Waals surface area contributed by atoms with Crippen molar-refractivity contribution in [3.05, 3.63) is 104 Å². The summed E-state index contributed by atoms with van der Waals surface area (Å²) < 4.78 is 0. The first-order valence-corrected chi connectivity index (χ1v) is 15.6. The van der Waals surface area contributed by atoms with E-state index in [1.165, 1.54) is 32.5 Å². The molecule has 8 nitrogen and oxygen atoms in total. The maximum atomic E-state index is 14.4. The van der Waals surface area contributed by atoms with Gasteiger partial charge in [0.25, 0.3) is 11.8 Å². The molecule has 4 aliphatic heterocycles. The van der Waals surface area contributed by atoms with Crippen molar-refractivity contribution in [2.24, 2.45) is 11.8 Å². The van der Waals surface area contributed by atoms with Crippen molar-refractivity contribution < 1.29 is 19.2 Å². The summed E-state index contributed by atoms with van der Waals surface area (Å²) >= 11 is 2.99. The lowest BCUT2D eigenvalue weighted by molar-refractivity contribution is -0.135. The van der Waals surface area contributed by atoms with Crippen molar-refractivity contribution in [3.63, 3.8) is 0 Å². The number of thiophene rings is 2. The first-order chi connectivity index (χ1) is 20.4. The molecule has 0 radical (unpaired) electrons. The normalized spacial score (nSPS) is 29.1. The van der Waals surface area contributed by atoms with Gasteiger partial charge in [-0.25, -0.2) is 19.8 Å². The Balaban J connectivity index is 1.31. The molecule has 210 valence electrons. The molecule has 4 fully saturated rings. The monoisotopic (exact) mass is 594 g/mol. The molecule has 0 saturated carbocycles. The number of imide groups is 2. The molecule has 4 aliphatic rings. The Hall–Kier alpha value is -3.96. The minimum atomic E-state index is -0.837. The third-order valence-corrected chi connectivity index (χ3v) is 10.8. The summed E-state index contributed by atoms with van der Waals surface area (Å²) in [5, 5.41) is 7.74. The second-order valence-electron chi connectivity index (χ2n) is 11.3. The van der Waals surface area contributed by atoms with E-state index in [0.717, 1.165) is 20.9 Å². The average Bonchev–Trinajstić information content (AvgIpc) is 3.79. The Labute approximate surface area is 250 Å². The predicted molar refractivity (Wildman–Crippen MR) is 160 cm³/mol. The summed E-state index contributed by atoms with van der Waals surface area (Å²) in [6.45, 7) is 3.86. The Bertz CT molecular complexity index is 1640. The number of fused-ring (bicyclic) bond motifs is 5. The van der Waals surface area contributed by atoms with Gasteiger partial charge in [0.05, 0.1) is 35.3 Å². The number of amides is 4. The Morgan fingerprint density at radius 2 is 0.952 bits per heavy atom. The van der Waals surface area contributed by atoms with E-state index in [-0.39, 0.29) is 23.6 Å². The van der Waals surface area contributed by atoms with Crippen LogP contribution in [0.2, 0.25) is 0 Å². The van der Waals surface area contributed by atoms with E-state index >= 15 is 0 Å². The third-order valence-electron chi connectivity index (χ3n) is 8.91. The van der Waals surface area contributed by atoms with Crippen LogP contribution < -0.4 is 9.80 Å². The number of carbonyl (C=O) groups is 4. The third kappa shape index (κ3) is 3.40. The van der Waals surface area contributed by atoms with Crippen LogP contribution in [0.15, 0.2) is 83.6 Å². The molecular weight excluding hydrogens is 569 g/mol. The second kappa shape index (κ2) is 9.27. The van der Waals surface area contributed by atoms with Crippen molar-refractivity contribution in [1.29, 1.82) is 0 Å². The van der Waals surface area contributed by atoms with Gasteiger partial charge in [0.2, 0.25) is 11.8 Å². The standard InChI is InChI=1S/C32H26N4O4S2/c1-17-7-3-9-19(15-17)33-29(37)23-25(21-11-5-13-41-21)36-28-24(26(22-12-6-14-42-22)35(36)27(23)31(33)39)30(38)34(32(28)40)20-10-4-8-18(2)16-20/h3-16,23-28H,1-2H3/t23-,24-,25-,26+,27+,28+/m0/s1. The fourth-order valence-electron chi connectivity index (χ4n) is 7.35. The highest BCUT2D eigenvalue weighted by molar-refractivity contribution is 7.10. The molecule has 0 spiro atoms. The lowest BCUT2D eigenvalue weighted by Crippen LogP contribution is -2.50. The van der Waals surface area contributed by atoms with Gasteiger partial charge in [-0.2, -0.15) is 0 Å². The summed E-state index contributed by atoms with van der Waals surface area (Å²) in [5.74, 6) is -2.66. The van der Waals surface area contributed by atoms with Gasteiger partial charge in [0, 0.05) is 9.75 Å². The lowest BCUT2D eigenvalue weighted by Gasteiger charge is -2.35. The van der Waals surface area contributed by atoms with E-state index < -0.39 is 36.0 Å². The Morgan fingerprint density at radius 1 is 0.524 bits per heavy atom. The molecule has 6 atom stereocenters. The molecule has 0 unspecified atom stereocenters. The first-order valence-electron chi connectivity index (χ1n) is 13.9. The van der Waals surface area contributed by atoms with Gasteiger partial charge in [0.15, 0.2) is 0 Å². The van der Waals surface area contributed by atoms with Crippen molar-refractivity contribution in [1.82, 2.24) is 10.0 Å². The molecule has 42 heavy (non-hydrogen) atoms. The number of rotatable bonds is 4. The Kier molecular flexibility index (Phi) is 5.68. The van der Waals surface area contributed by atoms with Crippen LogP contribution in [0.3, 0.4) is 0 Å². The highest BCUT2D eigenvalue weighted by Gasteiger charge is 2.74. The zero-order chi connectivity index (χ0) is 28.9. The average molecular weight is 595 g/mol. The van der Waals surface area contributed by atoms with E-state index in [9.17, 15) is 19.2 Å². The number of hydrogen-bond acceptors (Lipinski definition) is 8.